The summed E-state index contributed by atoms with van der Waals surface area (Å²) in [6, 6.07) is 2.38. The van der Waals surface area contributed by atoms with Crippen LogP contribution in [0.25, 0.3) is 0 Å². The van der Waals surface area contributed by atoms with Gasteiger partial charge in [0.05, 0.1) is 16.8 Å². The van der Waals surface area contributed by atoms with E-state index in [9.17, 15) is 27.2 Å². The van der Waals surface area contributed by atoms with E-state index in [0.717, 1.165) is 12.3 Å². The molecule has 1 saturated heterocycles. The van der Waals surface area contributed by atoms with E-state index in [1.54, 1.807) is 0 Å². The number of nitrogens with one attached hydrogen (secondary N) is 3. The van der Waals surface area contributed by atoms with Crippen molar-refractivity contribution in [3.8, 4) is 0 Å². The summed E-state index contributed by atoms with van der Waals surface area (Å²) in [4.78, 5) is 23.7. The summed E-state index contributed by atoms with van der Waals surface area (Å²) in [5.41, 5.74) is 0.311. The lowest BCUT2D eigenvalue weighted by Crippen LogP contribution is -2.44. The number of carbonyl (C=O) groups is 2. The number of halogens is 5. The number of urea groups is 1. The van der Waals surface area contributed by atoms with Crippen LogP contribution in [-0.2, 0) is 4.79 Å². The highest BCUT2D eigenvalue weighted by Gasteiger charge is 2.31. The van der Waals surface area contributed by atoms with Crippen LogP contribution in [0.15, 0.2) is 30.5 Å². The topological polar surface area (TPSA) is 88.1 Å². The molecule has 1 unspecified atom stereocenters. The molecule has 3 amide bonds. The predicted molar refractivity (Wildman–Crippen MR) is 90.1 cm³/mol. The van der Waals surface area contributed by atoms with Crippen molar-refractivity contribution >= 4 is 23.5 Å². The quantitative estimate of drug-likeness (QED) is 0.628. The number of carbonyl (C=O) groups excluding carboxylic acids is 2. The fourth-order valence-corrected chi connectivity index (χ4v) is 2.82. The van der Waals surface area contributed by atoms with Crippen molar-refractivity contribution in [3.63, 3.8) is 0 Å². The first-order valence-electron chi connectivity index (χ1n) is 8.03. The van der Waals surface area contributed by atoms with Crippen LogP contribution in [0.1, 0.15) is 23.6 Å². The molecule has 1 aliphatic rings. The number of alkyl halides is 3. The average Bonchev–Trinajstić information content (AvgIpc) is 3.30. The van der Waals surface area contributed by atoms with Crippen LogP contribution in [0.5, 0.6) is 0 Å². The van der Waals surface area contributed by atoms with E-state index >= 15 is 0 Å². The molecule has 12 heteroatoms. The van der Waals surface area contributed by atoms with Gasteiger partial charge in [-0.2, -0.15) is 5.10 Å². The summed E-state index contributed by atoms with van der Waals surface area (Å²) in [7, 11) is 0. The third-order valence-corrected chi connectivity index (χ3v) is 4.33. The Morgan fingerprint density at radius 1 is 1.32 bits per heavy atom. The van der Waals surface area contributed by atoms with Crippen molar-refractivity contribution in [1.29, 1.82) is 0 Å². The summed E-state index contributed by atoms with van der Waals surface area (Å²) in [5.74, 6) is -1.31. The second kappa shape index (κ2) is 8.05. The molecule has 3 N–H and O–H groups in total. The zero-order chi connectivity index (χ0) is 20.4. The van der Waals surface area contributed by atoms with Crippen molar-refractivity contribution < 1.29 is 27.2 Å². The molecular formula is C16H14ClF4N5O2. The number of nitrogens with zero attached hydrogens (tertiary/aromatic N) is 2. The van der Waals surface area contributed by atoms with Gasteiger partial charge in [0.2, 0.25) is 5.91 Å². The molecule has 0 radical (unpaired) electrons. The highest BCUT2D eigenvalue weighted by Crippen LogP contribution is 2.27. The van der Waals surface area contributed by atoms with Gasteiger partial charge in [-0.25, -0.2) is 27.0 Å². The Labute approximate surface area is 161 Å². The first-order valence-corrected chi connectivity index (χ1v) is 8.41. The Balaban J connectivity index is 1.91. The van der Waals surface area contributed by atoms with E-state index in [0.29, 0.717) is 4.68 Å². The summed E-state index contributed by atoms with van der Waals surface area (Å²) in [6.07, 6.45) is -4.96. The van der Waals surface area contributed by atoms with Gasteiger partial charge in [0, 0.05) is 12.7 Å². The zero-order valence-corrected chi connectivity index (χ0v) is 14.8. The predicted octanol–water partition coefficient (Wildman–Crippen LogP) is 2.30. The van der Waals surface area contributed by atoms with Crippen molar-refractivity contribution in [1.82, 2.24) is 25.7 Å². The molecule has 0 saturated carbocycles. The monoisotopic (exact) mass is 419 g/mol. The second-order valence-electron chi connectivity index (χ2n) is 5.95. The average molecular weight is 420 g/mol. The van der Waals surface area contributed by atoms with Gasteiger partial charge in [-0.1, -0.05) is 17.7 Å². The molecule has 1 fully saturated rings. The van der Waals surface area contributed by atoms with E-state index in [1.165, 1.54) is 18.2 Å². The minimum Gasteiger partial charge on any atom is -0.342 e. The zero-order valence-electron chi connectivity index (χ0n) is 14.0. The number of aromatic nitrogens is 2. The van der Waals surface area contributed by atoms with Crippen molar-refractivity contribution in [2.24, 2.45) is 0 Å². The lowest BCUT2D eigenvalue weighted by Gasteiger charge is -2.20. The molecule has 1 aliphatic heterocycles. The minimum atomic E-state index is -3.29. The maximum absolute atomic E-state index is 13.5. The summed E-state index contributed by atoms with van der Waals surface area (Å²) in [5, 5.41) is 10.9. The fraction of sp³-hybridized carbons (Fsp3) is 0.312. The number of rotatable bonds is 6. The van der Waals surface area contributed by atoms with E-state index in [1.807, 2.05) is 0 Å². The van der Waals surface area contributed by atoms with Crippen LogP contribution in [0.4, 0.5) is 22.4 Å². The molecule has 7 nitrogen and oxygen atoms in total. The maximum atomic E-state index is 13.5. The standard InChI is InChI=1S/C16H14ClF4N5O2/c17-8-5-7(1-2-9(8)18)12(24-15(27)11-6-22-16(28)23-11)10-3-4-26(25-10)14(21)13(19)20/h1-5,11-14H,6H2,(H,24,27)(H2,22,23,28)/t11-,12+,14?/m0/s1. The van der Waals surface area contributed by atoms with E-state index in [2.05, 4.69) is 21.0 Å². The lowest BCUT2D eigenvalue weighted by atomic mass is 10.0. The molecule has 2 heterocycles. The molecule has 0 bridgehead atoms. The SMILES string of the molecule is O=C1NC[C@@H](C(=O)N[C@H](c2ccc(F)c(Cl)c2)c2ccn(C(F)C(F)F)n2)N1. The molecule has 0 aliphatic carbocycles. The largest absolute Gasteiger partial charge is 0.342 e. The van der Waals surface area contributed by atoms with E-state index in [4.69, 9.17) is 11.6 Å². The molecule has 1 aromatic heterocycles. The molecule has 2 aromatic rings. The van der Waals surface area contributed by atoms with Gasteiger partial charge in [0.1, 0.15) is 11.9 Å². The van der Waals surface area contributed by atoms with E-state index in [-0.39, 0.29) is 22.8 Å². The molecular weight excluding hydrogens is 406 g/mol. The normalized spacial score (nSPS) is 18.5. The third kappa shape index (κ3) is 4.19. The van der Waals surface area contributed by atoms with Crippen LogP contribution >= 0.6 is 11.6 Å². The van der Waals surface area contributed by atoms with Crippen molar-refractivity contribution in [2.45, 2.75) is 24.8 Å². The number of hydrogen-bond donors (Lipinski definition) is 3. The first-order chi connectivity index (χ1) is 13.3. The van der Waals surface area contributed by atoms with Gasteiger partial charge in [-0.3, -0.25) is 4.79 Å². The highest BCUT2D eigenvalue weighted by molar-refractivity contribution is 6.30. The van der Waals surface area contributed by atoms with Crippen LogP contribution in [0.2, 0.25) is 5.02 Å². The van der Waals surface area contributed by atoms with Gasteiger partial charge >= 0.3 is 6.03 Å². The van der Waals surface area contributed by atoms with Gasteiger partial charge < -0.3 is 16.0 Å². The van der Waals surface area contributed by atoms with Gasteiger partial charge in [0.15, 0.2) is 0 Å². The molecule has 3 atom stereocenters. The van der Waals surface area contributed by atoms with Crippen LogP contribution in [-0.4, -0.2) is 40.7 Å². The van der Waals surface area contributed by atoms with E-state index < -0.39 is 42.6 Å². The number of hydrogen-bond acceptors (Lipinski definition) is 3. The van der Waals surface area contributed by atoms with Crippen LogP contribution in [0.3, 0.4) is 0 Å². The van der Waals surface area contributed by atoms with Crippen LogP contribution < -0.4 is 16.0 Å². The minimum absolute atomic E-state index is 0.0246. The van der Waals surface area contributed by atoms with Crippen molar-refractivity contribution in [2.75, 3.05) is 6.54 Å². The first kappa shape index (κ1) is 19.9. The van der Waals surface area contributed by atoms with Crippen LogP contribution in [0, 0.1) is 5.82 Å². The molecule has 28 heavy (non-hydrogen) atoms. The van der Waals surface area contributed by atoms with Gasteiger partial charge in [-0.05, 0) is 23.8 Å². The molecule has 150 valence electrons. The molecule has 1 aromatic carbocycles. The summed E-state index contributed by atoms with van der Waals surface area (Å²) < 4.78 is 52.6. The molecule has 3 rings (SSSR count). The van der Waals surface area contributed by atoms with Gasteiger partial charge in [-0.15, -0.1) is 0 Å². The number of benzene rings is 1. The van der Waals surface area contributed by atoms with Gasteiger partial charge in [0.25, 0.3) is 12.7 Å². The highest BCUT2D eigenvalue weighted by atomic mass is 35.5. The summed E-state index contributed by atoms with van der Waals surface area (Å²) in [6.45, 7) is 0.0357. The Morgan fingerprint density at radius 3 is 2.68 bits per heavy atom. The Hall–Kier alpha value is -2.82. The maximum Gasteiger partial charge on any atom is 0.315 e. The number of amides is 3. The fourth-order valence-electron chi connectivity index (χ4n) is 2.64. The molecule has 0 spiro atoms. The third-order valence-electron chi connectivity index (χ3n) is 4.04. The Bertz CT molecular complexity index is 894. The second-order valence-corrected chi connectivity index (χ2v) is 6.36. The lowest BCUT2D eigenvalue weighted by molar-refractivity contribution is -0.123. The Kier molecular flexibility index (Phi) is 5.73. The summed E-state index contributed by atoms with van der Waals surface area (Å²) >= 11 is 5.79. The smallest absolute Gasteiger partial charge is 0.315 e. The van der Waals surface area contributed by atoms with Crippen molar-refractivity contribution in [3.05, 3.63) is 52.6 Å². The Morgan fingerprint density at radius 2 is 2.07 bits per heavy atom.